The maximum absolute atomic E-state index is 12.0. The minimum atomic E-state index is -3.45. The summed E-state index contributed by atoms with van der Waals surface area (Å²) in [5.41, 5.74) is 0.707. The van der Waals surface area contributed by atoms with Crippen LogP contribution in [0.15, 0.2) is 59.5 Å². The summed E-state index contributed by atoms with van der Waals surface area (Å²) in [5.74, 6) is 0.531. The van der Waals surface area contributed by atoms with Crippen LogP contribution in [0.25, 0.3) is 0 Å². The fraction of sp³-hybridized carbons (Fsp3) is 0.235. The molecular weight excluding hydrogens is 342 g/mol. The van der Waals surface area contributed by atoms with Crippen LogP contribution in [-0.4, -0.2) is 46.0 Å². The van der Waals surface area contributed by atoms with Gasteiger partial charge in [0.25, 0.3) is 0 Å². The van der Waals surface area contributed by atoms with Gasteiger partial charge in [-0.05, 0) is 36.4 Å². The predicted molar refractivity (Wildman–Crippen MR) is 96.3 cm³/mol. The molecule has 2 aromatic rings. The van der Waals surface area contributed by atoms with Crippen molar-refractivity contribution in [1.29, 1.82) is 0 Å². The van der Waals surface area contributed by atoms with E-state index in [2.05, 4.69) is 10.6 Å². The molecule has 0 heterocycles. The van der Waals surface area contributed by atoms with Crippen LogP contribution in [0.4, 0.5) is 10.5 Å². The molecule has 0 radical (unpaired) electrons. The van der Waals surface area contributed by atoms with E-state index in [9.17, 15) is 13.2 Å². The quantitative estimate of drug-likeness (QED) is 0.738. The molecule has 25 heavy (non-hydrogen) atoms. The van der Waals surface area contributed by atoms with E-state index < -0.39 is 10.0 Å². The van der Waals surface area contributed by atoms with E-state index >= 15 is 0 Å². The Balaban J connectivity index is 1.76. The summed E-state index contributed by atoms with van der Waals surface area (Å²) < 4.78 is 30.6. The first-order valence-corrected chi connectivity index (χ1v) is 9.09. The zero-order valence-electron chi connectivity index (χ0n) is 14.1. The van der Waals surface area contributed by atoms with Gasteiger partial charge in [-0.25, -0.2) is 17.5 Å². The number of ether oxygens (including phenoxy) is 1. The molecule has 2 amide bonds. The monoisotopic (exact) mass is 363 g/mol. The lowest BCUT2D eigenvalue weighted by molar-refractivity contribution is 0.247. The number of carbonyl (C=O) groups excluding carboxylic acids is 1. The molecule has 0 saturated heterocycles. The first-order chi connectivity index (χ1) is 11.9. The first-order valence-electron chi connectivity index (χ1n) is 7.65. The highest BCUT2D eigenvalue weighted by molar-refractivity contribution is 7.89. The highest BCUT2D eigenvalue weighted by Crippen LogP contribution is 2.17. The van der Waals surface area contributed by atoms with Gasteiger partial charge >= 0.3 is 6.03 Å². The summed E-state index contributed by atoms with van der Waals surface area (Å²) in [7, 11) is -0.491. The summed E-state index contributed by atoms with van der Waals surface area (Å²) in [4.78, 5) is 11.9. The maximum Gasteiger partial charge on any atom is 0.319 e. The number of amides is 2. The molecule has 134 valence electrons. The van der Waals surface area contributed by atoms with Gasteiger partial charge in [-0.3, -0.25) is 0 Å². The third-order valence-corrected chi connectivity index (χ3v) is 5.12. The Labute approximate surface area is 147 Å². The molecule has 2 rings (SSSR count). The van der Waals surface area contributed by atoms with Crippen molar-refractivity contribution in [3.63, 3.8) is 0 Å². The van der Waals surface area contributed by atoms with Gasteiger partial charge < -0.3 is 15.4 Å². The molecule has 0 aliphatic carbocycles. The Morgan fingerprint density at radius 3 is 2.28 bits per heavy atom. The fourth-order valence-corrected chi connectivity index (χ4v) is 2.85. The molecule has 0 saturated carbocycles. The number of para-hydroxylation sites is 1. The van der Waals surface area contributed by atoms with Crippen LogP contribution < -0.4 is 15.4 Å². The Hall–Kier alpha value is -2.58. The van der Waals surface area contributed by atoms with E-state index in [-0.39, 0.29) is 17.5 Å². The van der Waals surface area contributed by atoms with Crippen molar-refractivity contribution in [1.82, 2.24) is 9.62 Å². The number of benzene rings is 2. The molecule has 0 aromatic heterocycles. The van der Waals surface area contributed by atoms with Crippen molar-refractivity contribution in [3.8, 4) is 5.75 Å². The maximum atomic E-state index is 12.0. The molecule has 0 fully saturated rings. The molecular formula is C17H21N3O4S. The number of hydrogen-bond acceptors (Lipinski definition) is 4. The predicted octanol–water partition coefficient (Wildman–Crippen LogP) is 2.14. The number of nitrogens with zero attached hydrogens (tertiary/aromatic N) is 1. The number of nitrogens with one attached hydrogen (secondary N) is 2. The second-order valence-corrected chi connectivity index (χ2v) is 7.51. The van der Waals surface area contributed by atoms with E-state index in [1.165, 1.54) is 26.2 Å². The lowest BCUT2D eigenvalue weighted by atomic mass is 10.3. The van der Waals surface area contributed by atoms with Gasteiger partial charge in [-0.1, -0.05) is 18.2 Å². The molecule has 0 aliphatic heterocycles. The number of urea groups is 1. The van der Waals surface area contributed by atoms with Crippen LogP contribution in [0.1, 0.15) is 0 Å². The Bertz CT molecular complexity index is 790. The van der Waals surface area contributed by atoms with Crippen LogP contribution in [-0.2, 0) is 10.0 Å². The van der Waals surface area contributed by atoms with E-state index in [1.807, 2.05) is 18.2 Å². The summed E-state index contributed by atoms with van der Waals surface area (Å²) in [6.07, 6.45) is 0. The normalized spacial score (nSPS) is 11.2. The smallest absolute Gasteiger partial charge is 0.319 e. The number of hydrogen-bond donors (Lipinski definition) is 2. The van der Waals surface area contributed by atoms with Gasteiger partial charge in [0.05, 0.1) is 11.4 Å². The lowest BCUT2D eigenvalue weighted by Gasteiger charge is -2.12. The van der Waals surface area contributed by atoms with Gasteiger partial charge in [0.1, 0.15) is 12.4 Å². The van der Waals surface area contributed by atoms with Crippen molar-refractivity contribution in [2.45, 2.75) is 4.90 Å². The zero-order valence-corrected chi connectivity index (χ0v) is 14.9. The van der Waals surface area contributed by atoms with Crippen LogP contribution in [0.5, 0.6) is 5.75 Å². The van der Waals surface area contributed by atoms with Crippen molar-refractivity contribution in [3.05, 3.63) is 54.6 Å². The molecule has 0 unspecified atom stereocenters. The summed E-state index contributed by atoms with van der Waals surface area (Å²) in [6.45, 7) is 0.582. The van der Waals surface area contributed by atoms with Crippen molar-refractivity contribution >= 4 is 21.7 Å². The molecule has 8 heteroatoms. The average Bonchev–Trinajstić information content (AvgIpc) is 2.60. The second-order valence-electron chi connectivity index (χ2n) is 5.35. The topological polar surface area (TPSA) is 87.7 Å². The van der Waals surface area contributed by atoms with Crippen molar-refractivity contribution < 1.29 is 17.9 Å². The third-order valence-electron chi connectivity index (χ3n) is 3.29. The second kappa shape index (κ2) is 8.50. The highest BCUT2D eigenvalue weighted by Gasteiger charge is 2.16. The molecule has 0 bridgehead atoms. The fourth-order valence-electron chi connectivity index (χ4n) is 1.95. The van der Waals surface area contributed by atoms with Crippen LogP contribution in [0, 0.1) is 0 Å². The average molecular weight is 363 g/mol. The molecule has 0 aliphatic rings. The Morgan fingerprint density at radius 2 is 1.68 bits per heavy atom. The van der Waals surface area contributed by atoms with Gasteiger partial charge in [-0.2, -0.15) is 0 Å². The van der Waals surface area contributed by atoms with Crippen LogP contribution >= 0.6 is 0 Å². The van der Waals surface area contributed by atoms with Gasteiger partial charge in [0.2, 0.25) is 10.0 Å². The van der Waals surface area contributed by atoms with Crippen LogP contribution in [0.2, 0.25) is 0 Å². The van der Waals surface area contributed by atoms with Crippen molar-refractivity contribution in [2.24, 2.45) is 0 Å². The Kier molecular flexibility index (Phi) is 6.37. The van der Waals surface area contributed by atoms with Gasteiger partial charge in [-0.15, -0.1) is 0 Å². The molecule has 2 aromatic carbocycles. The summed E-state index contributed by atoms with van der Waals surface area (Å²) in [5, 5.41) is 5.37. The van der Waals surface area contributed by atoms with Crippen LogP contribution in [0.3, 0.4) is 0 Å². The SMILES string of the molecule is CN(C)S(=O)(=O)c1ccc(OCCNC(=O)Nc2ccccc2)cc1. The van der Waals surface area contributed by atoms with Gasteiger partial charge in [0.15, 0.2) is 0 Å². The zero-order chi connectivity index (χ0) is 18.3. The van der Waals surface area contributed by atoms with E-state index in [1.54, 1.807) is 24.3 Å². The largest absolute Gasteiger partial charge is 0.492 e. The minimum absolute atomic E-state index is 0.199. The lowest BCUT2D eigenvalue weighted by Crippen LogP contribution is -2.32. The molecule has 7 nitrogen and oxygen atoms in total. The van der Waals surface area contributed by atoms with E-state index in [4.69, 9.17) is 4.74 Å². The molecule has 0 spiro atoms. The van der Waals surface area contributed by atoms with Gasteiger partial charge in [0, 0.05) is 19.8 Å². The number of rotatable bonds is 7. The summed E-state index contributed by atoms with van der Waals surface area (Å²) in [6, 6.07) is 14.9. The van der Waals surface area contributed by atoms with E-state index in [0.717, 1.165) is 4.31 Å². The summed E-state index contributed by atoms with van der Waals surface area (Å²) >= 11 is 0. The van der Waals surface area contributed by atoms with Crippen molar-refractivity contribution in [2.75, 3.05) is 32.6 Å². The minimum Gasteiger partial charge on any atom is -0.492 e. The van der Waals surface area contributed by atoms with E-state index in [0.29, 0.717) is 18.0 Å². The third kappa shape index (κ3) is 5.47. The number of anilines is 1. The number of carbonyl (C=O) groups is 1. The standard InChI is InChI=1S/C17H21N3O4S/c1-20(2)25(22,23)16-10-8-15(9-11-16)24-13-12-18-17(21)19-14-6-4-3-5-7-14/h3-11H,12-13H2,1-2H3,(H2,18,19,21). The first kappa shape index (κ1) is 18.8. The Morgan fingerprint density at radius 1 is 1.04 bits per heavy atom. The molecule has 2 N–H and O–H groups in total. The highest BCUT2D eigenvalue weighted by atomic mass is 32.2. The number of sulfonamides is 1. The molecule has 0 atom stereocenters.